The molecule has 0 saturated heterocycles. The zero-order chi connectivity index (χ0) is 13.8. The van der Waals surface area contributed by atoms with Crippen LogP contribution in [0.1, 0.15) is 30.0 Å². The van der Waals surface area contributed by atoms with Crippen LogP contribution < -0.4 is 0 Å². The van der Waals surface area contributed by atoms with Crippen LogP contribution >= 0.6 is 0 Å². The van der Waals surface area contributed by atoms with Crippen LogP contribution in [0.4, 0.5) is 0 Å². The lowest BCUT2D eigenvalue weighted by molar-refractivity contribution is -0.108. The molecule has 0 saturated carbocycles. The smallest absolute Gasteiger partial charge is 0.253 e. The summed E-state index contributed by atoms with van der Waals surface area (Å²) >= 11 is 0. The lowest BCUT2D eigenvalue weighted by atomic mass is 10.2. The molecule has 0 N–H and O–H groups in total. The maximum absolute atomic E-state index is 12.2. The summed E-state index contributed by atoms with van der Waals surface area (Å²) in [5.74, 6) is -0.00921. The average Bonchev–Trinajstić information content (AvgIpc) is 2.80. The van der Waals surface area contributed by atoms with Gasteiger partial charge < -0.3 is 13.9 Å². The van der Waals surface area contributed by atoms with Crippen molar-refractivity contribution in [3.63, 3.8) is 0 Å². The van der Waals surface area contributed by atoms with E-state index in [0.29, 0.717) is 18.8 Å². The molecule has 0 radical (unpaired) electrons. The van der Waals surface area contributed by atoms with Crippen LogP contribution in [0.3, 0.4) is 0 Å². The standard InChI is InChI=1S/C15H18O4/c1-4-17-15(18-5-2)14(16)13-9-11-8-10(3)6-7-12(11)19-13/h6-9,15H,4-5H2,1-3H3. The van der Waals surface area contributed by atoms with E-state index in [0.717, 1.165) is 10.9 Å². The van der Waals surface area contributed by atoms with Gasteiger partial charge in [0.2, 0.25) is 6.29 Å². The van der Waals surface area contributed by atoms with Crippen LogP contribution in [0.2, 0.25) is 0 Å². The molecular weight excluding hydrogens is 244 g/mol. The van der Waals surface area contributed by atoms with Gasteiger partial charge in [-0.15, -0.1) is 0 Å². The molecule has 2 aromatic rings. The lowest BCUT2D eigenvalue weighted by Crippen LogP contribution is -2.27. The molecule has 19 heavy (non-hydrogen) atoms. The van der Waals surface area contributed by atoms with E-state index in [1.54, 1.807) is 6.07 Å². The van der Waals surface area contributed by atoms with Crippen LogP contribution in [-0.2, 0) is 9.47 Å². The number of hydrogen-bond acceptors (Lipinski definition) is 4. The Bertz CT molecular complexity index is 565. The Labute approximate surface area is 112 Å². The molecule has 0 amide bonds. The van der Waals surface area contributed by atoms with Crippen LogP contribution in [0, 0.1) is 6.92 Å². The van der Waals surface area contributed by atoms with Crippen molar-refractivity contribution >= 4 is 16.8 Å². The molecule has 4 nitrogen and oxygen atoms in total. The summed E-state index contributed by atoms with van der Waals surface area (Å²) in [7, 11) is 0. The molecule has 0 aliphatic carbocycles. The molecule has 0 aliphatic rings. The highest BCUT2D eigenvalue weighted by Gasteiger charge is 2.24. The lowest BCUT2D eigenvalue weighted by Gasteiger charge is -2.13. The first-order valence-electron chi connectivity index (χ1n) is 6.43. The van der Waals surface area contributed by atoms with Gasteiger partial charge >= 0.3 is 0 Å². The molecular formula is C15H18O4. The number of carbonyl (C=O) groups is 1. The first-order chi connectivity index (χ1) is 9.15. The molecule has 1 heterocycles. The van der Waals surface area contributed by atoms with E-state index in [-0.39, 0.29) is 11.5 Å². The summed E-state index contributed by atoms with van der Waals surface area (Å²) in [6.07, 6.45) is -0.892. The summed E-state index contributed by atoms with van der Waals surface area (Å²) in [5.41, 5.74) is 1.82. The SMILES string of the molecule is CCOC(OCC)C(=O)c1cc2cc(C)ccc2o1. The third kappa shape index (κ3) is 3.03. The number of fused-ring (bicyclic) bond motifs is 1. The van der Waals surface area contributed by atoms with Gasteiger partial charge in [0.05, 0.1) is 0 Å². The predicted molar refractivity (Wildman–Crippen MR) is 72.3 cm³/mol. The van der Waals surface area contributed by atoms with Gasteiger partial charge in [-0.1, -0.05) is 11.6 Å². The third-order valence-corrected chi connectivity index (χ3v) is 2.76. The van der Waals surface area contributed by atoms with E-state index >= 15 is 0 Å². The minimum Gasteiger partial charge on any atom is -0.453 e. The molecule has 0 spiro atoms. The monoisotopic (exact) mass is 262 g/mol. The minimum atomic E-state index is -0.892. The summed E-state index contributed by atoms with van der Waals surface area (Å²) < 4.78 is 16.1. The maximum atomic E-state index is 12.2. The van der Waals surface area contributed by atoms with Crippen LogP contribution in [0.15, 0.2) is 28.7 Å². The van der Waals surface area contributed by atoms with Crippen molar-refractivity contribution in [2.24, 2.45) is 0 Å². The minimum absolute atomic E-state index is 0.271. The van der Waals surface area contributed by atoms with E-state index in [2.05, 4.69) is 0 Å². The number of carbonyl (C=O) groups excluding carboxylic acids is 1. The fourth-order valence-corrected chi connectivity index (χ4v) is 1.90. The predicted octanol–water partition coefficient (Wildman–Crippen LogP) is 3.32. The molecule has 1 aromatic carbocycles. The van der Waals surface area contributed by atoms with Crippen molar-refractivity contribution in [1.29, 1.82) is 0 Å². The quantitative estimate of drug-likeness (QED) is 0.592. The molecule has 0 unspecified atom stereocenters. The largest absolute Gasteiger partial charge is 0.453 e. The van der Waals surface area contributed by atoms with Gasteiger partial charge in [-0.05, 0) is 39.0 Å². The second kappa shape index (κ2) is 5.99. The Morgan fingerprint density at radius 3 is 2.53 bits per heavy atom. The third-order valence-electron chi connectivity index (χ3n) is 2.76. The van der Waals surface area contributed by atoms with E-state index in [4.69, 9.17) is 13.9 Å². The fraction of sp³-hybridized carbons (Fsp3) is 0.400. The molecule has 0 aliphatic heterocycles. The van der Waals surface area contributed by atoms with Crippen molar-refractivity contribution in [1.82, 2.24) is 0 Å². The number of ether oxygens (including phenoxy) is 2. The number of ketones is 1. The fourth-order valence-electron chi connectivity index (χ4n) is 1.90. The van der Waals surface area contributed by atoms with E-state index < -0.39 is 6.29 Å². The molecule has 2 rings (SSSR count). The molecule has 0 atom stereocenters. The number of Topliss-reactive ketones (excluding diaryl/α,β-unsaturated/α-hetero) is 1. The summed E-state index contributed by atoms with van der Waals surface area (Å²) in [5, 5.41) is 0.912. The van der Waals surface area contributed by atoms with Crippen LogP contribution in [-0.4, -0.2) is 25.3 Å². The average molecular weight is 262 g/mol. The van der Waals surface area contributed by atoms with Crippen molar-refractivity contribution < 1.29 is 18.7 Å². The van der Waals surface area contributed by atoms with Gasteiger partial charge in [-0.25, -0.2) is 0 Å². The number of hydrogen-bond donors (Lipinski definition) is 0. The van der Waals surface area contributed by atoms with Crippen molar-refractivity contribution in [2.45, 2.75) is 27.1 Å². The van der Waals surface area contributed by atoms with Gasteiger partial charge in [0.1, 0.15) is 5.58 Å². The van der Waals surface area contributed by atoms with Crippen LogP contribution in [0.5, 0.6) is 0 Å². The van der Waals surface area contributed by atoms with E-state index in [1.807, 2.05) is 39.0 Å². The van der Waals surface area contributed by atoms with E-state index in [9.17, 15) is 4.79 Å². The second-order valence-electron chi connectivity index (χ2n) is 4.26. The molecule has 0 fully saturated rings. The highest BCUT2D eigenvalue weighted by atomic mass is 16.7. The Kier molecular flexibility index (Phi) is 4.35. The van der Waals surface area contributed by atoms with Crippen molar-refractivity contribution in [3.8, 4) is 0 Å². The number of furan rings is 1. The Morgan fingerprint density at radius 1 is 1.21 bits per heavy atom. The van der Waals surface area contributed by atoms with Gasteiger partial charge in [-0.3, -0.25) is 4.79 Å². The van der Waals surface area contributed by atoms with Gasteiger partial charge in [0.15, 0.2) is 5.76 Å². The Hall–Kier alpha value is -1.65. The molecule has 0 bridgehead atoms. The highest BCUT2D eigenvalue weighted by Crippen LogP contribution is 2.22. The Balaban J connectivity index is 2.29. The van der Waals surface area contributed by atoms with Gasteiger partial charge in [0.25, 0.3) is 5.78 Å². The van der Waals surface area contributed by atoms with Crippen LogP contribution in [0.25, 0.3) is 11.0 Å². The van der Waals surface area contributed by atoms with E-state index in [1.165, 1.54) is 0 Å². The Morgan fingerprint density at radius 2 is 1.89 bits per heavy atom. The summed E-state index contributed by atoms with van der Waals surface area (Å²) in [6.45, 7) is 6.46. The van der Waals surface area contributed by atoms with Gasteiger partial charge in [0, 0.05) is 18.6 Å². The number of rotatable bonds is 6. The molecule has 102 valence electrons. The zero-order valence-electron chi connectivity index (χ0n) is 11.4. The first-order valence-corrected chi connectivity index (χ1v) is 6.43. The van der Waals surface area contributed by atoms with Crippen molar-refractivity contribution in [2.75, 3.05) is 13.2 Å². The maximum Gasteiger partial charge on any atom is 0.253 e. The normalized spacial score (nSPS) is 11.4. The zero-order valence-corrected chi connectivity index (χ0v) is 11.4. The molecule has 4 heteroatoms. The summed E-state index contributed by atoms with van der Waals surface area (Å²) in [4.78, 5) is 12.2. The topological polar surface area (TPSA) is 48.7 Å². The number of aryl methyl sites for hydroxylation is 1. The van der Waals surface area contributed by atoms with Gasteiger partial charge in [-0.2, -0.15) is 0 Å². The first kappa shape index (κ1) is 13.8. The second-order valence-corrected chi connectivity index (χ2v) is 4.26. The summed E-state index contributed by atoms with van der Waals surface area (Å²) in [6, 6.07) is 7.52. The van der Waals surface area contributed by atoms with Crippen molar-refractivity contribution in [3.05, 3.63) is 35.6 Å². The number of benzene rings is 1. The molecule has 1 aromatic heterocycles. The highest BCUT2D eigenvalue weighted by molar-refractivity contribution is 5.99.